The van der Waals surface area contributed by atoms with Crippen molar-refractivity contribution in [2.24, 2.45) is 0 Å². The van der Waals surface area contributed by atoms with Crippen LogP contribution in [0, 0.1) is 0 Å². The summed E-state index contributed by atoms with van der Waals surface area (Å²) < 4.78 is 125. The van der Waals surface area contributed by atoms with E-state index in [2.05, 4.69) is 9.97 Å². The Morgan fingerprint density at radius 2 is 0.821 bits per heavy atom. The molecule has 0 aliphatic heterocycles. The zero-order valence-corrected chi connectivity index (χ0v) is 22.5. The van der Waals surface area contributed by atoms with E-state index in [1.165, 1.54) is 24.3 Å². The van der Waals surface area contributed by atoms with E-state index in [-0.39, 0.29) is 27.8 Å². The molecule has 0 saturated carbocycles. The molecule has 1 radical (unpaired) electrons. The van der Waals surface area contributed by atoms with Gasteiger partial charge in [-0.3, -0.25) is 28.2 Å². The van der Waals surface area contributed by atoms with Gasteiger partial charge in [-0.25, -0.2) is 0 Å². The van der Waals surface area contributed by atoms with E-state index in [1.54, 1.807) is 0 Å². The minimum atomic E-state index is -4.94. The van der Waals surface area contributed by atoms with E-state index in [1.807, 2.05) is 0 Å². The molecule has 0 saturated heterocycles. The average molecular weight is 672 g/mol. The number of benzene rings is 2. The second-order valence-corrected chi connectivity index (χ2v) is 12.7. The molecule has 21 heteroatoms. The molecule has 0 spiro atoms. The maximum Gasteiger partial charge on any atom is 2.00 e. The van der Waals surface area contributed by atoms with Crippen molar-refractivity contribution in [2.75, 3.05) is 0 Å². The predicted octanol–water partition coefficient (Wildman–Crippen LogP) is -0.399. The molecular formula is C18H12CuN2O14S4. The van der Waals surface area contributed by atoms with Crippen molar-refractivity contribution in [1.82, 2.24) is 9.97 Å². The summed E-state index contributed by atoms with van der Waals surface area (Å²) in [6, 6.07) is 5.78. The van der Waals surface area contributed by atoms with Crippen LogP contribution in [0.5, 0.6) is 11.5 Å². The number of hydrogen-bond acceptors (Lipinski definition) is 12. The smallest absolute Gasteiger partial charge is 0.870 e. The monoisotopic (exact) mass is 671 g/mol. The van der Waals surface area contributed by atoms with Crippen molar-refractivity contribution in [1.29, 1.82) is 0 Å². The quantitative estimate of drug-likeness (QED) is 0.158. The normalized spacial score (nSPS) is 12.4. The number of aromatic nitrogens is 2. The zero-order valence-electron chi connectivity index (χ0n) is 18.3. The third kappa shape index (κ3) is 6.78. The van der Waals surface area contributed by atoms with Crippen molar-refractivity contribution < 1.29 is 79.2 Å². The van der Waals surface area contributed by atoms with E-state index in [9.17, 15) is 43.9 Å². The summed E-state index contributed by atoms with van der Waals surface area (Å²) in [7, 11) is -19.4. The molecule has 0 atom stereocenters. The predicted molar refractivity (Wildman–Crippen MR) is 122 cm³/mol. The molecule has 0 unspecified atom stereocenters. The standard InChI is InChI=1S/2C9H7NO7S2.Cu/c2*11-9-7(19(15,16)17)4-6(18(12,13)14)5-2-1-3-10-8(5)9;/h2*1-4,11H,(H,12,13,14)(H,15,16,17);/q;;+2/p-2. The molecule has 2 aromatic heterocycles. The summed E-state index contributed by atoms with van der Waals surface area (Å²) in [5.41, 5.74) is -0.962. The van der Waals surface area contributed by atoms with Gasteiger partial charge in [0.2, 0.25) is 0 Å². The topological polar surface area (TPSA) is 289 Å². The van der Waals surface area contributed by atoms with Gasteiger partial charge >= 0.3 is 17.1 Å². The van der Waals surface area contributed by atoms with Crippen LogP contribution in [0.25, 0.3) is 21.8 Å². The average Bonchev–Trinajstić information content (AvgIpc) is 2.77. The van der Waals surface area contributed by atoms with Crippen LogP contribution in [-0.4, -0.2) is 61.9 Å². The van der Waals surface area contributed by atoms with Crippen LogP contribution in [-0.2, 0) is 57.5 Å². The SMILES string of the molecule is O=S(=O)(O)c1cc(S(=O)(=O)O)c2cccnc2c1[O-].O=S(=O)(O)c1cc(S(=O)(=O)O)c2cccnc2c1[O-].[Cu+2]. The minimum absolute atomic E-state index is 0. The molecule has 4 rings (SSSR count). The van der Waals surface area contributed by atoms with Crippen molar-refractivity contribution in [3.05, 3.63) is 48.8 Å². The molecule has 2 heterocycles. The van der Waals surface area contributed by atoms with Crippen LogP contribution in [0.1, 0.15) is 0 Å². The van der Waals surface area contributed by atoms with Gasteiger partial charge in [0.05, 0.1) is 20.8 Å². The third-order valence-electron chi connectivity index (χ3n) is 4.66. The van der Waals surface area contributed by atoms with Crippen molar-refractivity contribution in [2.45, 2.75) is 19.6 Å². The van der Waals surface area contributed by atoms with Crippen LogP contribution in [0.3, 0.4) is 0 Å². The van der Waals surface area contributed by atoms with Gasteiger partial charge in [-0.2, -0.15) is 33.7 Å². The summed E-state index contributed by atoms with van der Waals surface area (Å²) in [6.07, 6.45) is 2.29. The summed E-state index contributed by atoms with van der Waals surface area (Å²) in [4.78, 5) is 3.18. The number of hydrogen-bond donors (Lipinski definition) is 4. The van der Waals surface area contributed by atoms with Crippen molar-refractivity contribution >= 4 is 62.3 Å². The van der Waals surface area contributed by atoms with Gasteiger partial charge in [-0.15, -0.1) is 0 Å². The van der Waals surface area contributed by atoms with Gasteiger partial charge in [0.25, 0.3) is 40.5 Å². The Labute approximate surface area is 230 Å². The summed E-state index contributed by atoms with van der Waals surface area (Å²) in [5, 5.41) is 23.1. The summed E-state index contributed by atoms with van der Waals surface area (Å²) in [5.74, 6) is -2.30. The molecule has 0 amide bonds. The first kappa shape index (κ1) is 32.2. The zero-order chi connectivity index (χ0) is 28.8. The molecule has 16 nitrogen and oxygen atoms in total. The molecule has 39 heavy (non-hydrogen) atoms. The Balaban J connectivity index is 0.000000267. The minimum Gasteiger partial charge on any atom is -0.870 e. The number of nitrogens with zero attached hydrogens (tertiary/aromatic N) is 2. The Morgan fingerprint density at radius 3 is 1.08 bits per heavy atom. The van der Waals surface area contributed by atoms with E-state index < -0.39 is 82.6 Å². The Morgan fingerprint density at radius 1 is 0.538 bits per heavy atom. The van der Waals surface area contributed by atoms with Crippen molar-refractivity contribution in [3.63, 3.8) is 0 Å². The Hall–Kier alpha value is -2.98. The molecule has 0 aliphatic carbocycles. The third-order valence-corrected chi connectivity index (χ3v) is 8.17. The molecule has 213 valence electrons. The number of rotatable bonds is 4. The first-order chi connectivity index (χ1) is 17.2. The molecule has 4 N–H and O–H groups in total. The molecular weight excluding hydrogens is 660 g/mol. The second kappa shape index (κ2) is 10.9. The molecule has 4 aromatic rings. The van der Waals surface area contributed by atoms with Gasteiger partial charge in [-0.05, 0) is 36.4 Å². The second-order valence-electron chi connectivity index (χ2n) is 7.10. The fourth-order valence-corrected chi connectivity index (χ4v) is 5.90. The summed E-state index contributed by atoms with van der Waals surface area (Å²) in [6.45, 7) is 0. The first-order valence-electron chi connectivity index (χ1n) is 9.32. The Kier molecular flexibility index (Phi) is 9.00. The van der Waals surface area contributed by atoms with E-state index in [0.717, 1.165) is 12.4 Å². The van der Waals surface area contributed by atoms with Crippen LogP contribution >= 0.6 is 0 Å². The van der Waals surface area contributed by atoms with Gasteiger partial charge in [0.1, 0.15) is 9.79 Å². The fraction of sp³-hybridized carbons (Fsp3) is 0. The van der Waals surface area contributed by atoms with Gasteiger partial charge in [-0.1, -0.05) is 11.5 Å². The van der Waals surface area contributed by atoms with Crippen molar-refractivity contribution in [3.8, 4) is 11.5 Å². The van der Waals surface area contributed by atoms with Gasteiger partial charge in [0.15, 0.2) is 0 Å². The number of pyridine rings is 2. The van der Waals surface area contributed by atoms with Gasteiger partial charge < -0.3 is 10.2 Å². The van der Waals surface area contributed by atoms with Crippen LogP contribution in [0.15, 0.2) is 68.4 Å². The maximum absolute atomic E-state index is 11.8. The van der Waals surface area contributed by atoms with Crippen LogP contribution in [0.4, 0.5) is 0 Å². The first-order valence-corrected chi connectivity index (χ1v) is 15.1. The summed E-state index contributed by atoms with van der Waals surface area (Å²) >= 11 is 0. The molecule has 0 bridgehead atoms. The number of fused-ring (bicyclic) bond motifs is 2. The van der Waals surface area contributed by atoms with Crippen LogP contribution in [0.2, 0.25) is 0 Å². The Bertz CT molecular complexity index is 1900. The molecule has 2 aromatic carbocycles. The fourth-order valence-electron chi connectivity index (χ4n) is 3.14. The van der Waals surface area contributed by atoms with E-state index in [4.69, 9.17) is 18.2 Å². The molecule has 0 fully saturated rings. The van der Waals surface area contributed by atoms with Crippen LogP contribution < -0.4 is 10.2 Å². The van der Waals surface area contributed by atoms with E-state index >= 15 is 0 Å². The van der Waals surface area contributed by atoms with E-state index in [0.29, 0.717) is 12.1 Å². The maximum atomic E-state index is 11.8. The van der Waals surface area contributed by atoms with Gasteiger partial charge in [0, 0.05) is 23.2 Å². The molecule has 0 aliphatic rings. The largest absolute Gasteiger partial charge is 2.00 e.